The average molecular weight is 286 g/mol. The minimum atomic E-state index is -0.399. The lowest BCUT2D eigenvalue weighted by molar-refractivity contribution is 0.0945. The van der Waals surface area contributed by atoms with E-state index in [1.54, 1.807) is 13.0 Å². The minimum absolute atomic E-state index is 0.107. The molecule has 110 valence electrons. The van der Waals surface area contributed by atoms with Gasteiger partial charge in [0.15, 0.2) is 0 Å². The zero-order valence-corrected chi connectivity index (χ0v) is 12.1. The van der Waals surface area contributed by atoms with E-state index in [4.69, 9.17) is 4.74 Å². The van der Waals surface area contributed by atoms with Gasteiger partial charge in [0.2, 0.25) is 0 Å². The molecule has 1 aromatic heterocycles. The van der Waals surface area contributed by atoms with Crippen LogP contribution in [0.2, 0.25) is 0 Å². The zero-order valence-electron chi connectivity index (χ0n) is 12.1. The first-order chi connectivity index (χ1) is 10.1. The summed E-state index contributed by atoms with van der Waals surface area (Å²) in [7, 11) is 0. The number of aryl methyl sites for hydroxylation is 2. The Bertz CT molecular complexity index is 675. The quantitative estimate of drug-likeness (QED) is 0.823. The molecule has 21 heavy (non-hydrogen) atoms. The first-order valence-corrected chi connectivity index (χ1v) is 6.74. The van der Waals surface area contributed by atoms with Gasteiger partial charge in [-0.2, -0.15) is 0 Å². The molecule has 5 nitrogen and oxygen atoms in total. The lowest BCUT2D eigenvalue weighted by Gasteiger charge is -2.08. The largest absolute Gasteiger partial charge is 0.492 e. The Morgan fingerprint density at radius 1 is 1.14 bits per heavy atom. The molecule has 0 aliphatic rings. The maximum absolute atomic E-state index is 11.8. The van der Waals surface area contributed by atoms with Crippen LogP contribution < -0.4 is 15.6 Å². The van der Waals surface area contributed by atoms with Crippen molar-refractivity contribution in [2.45, 2.75) is 13.8 Å². The van der Waals surface area contributed by atoms with Crippen molar-refractivity contribution < 1.29 is 9.53 Å². The fourth-order valence-electron chi connectivity index (χ4n) is 1.81. The smallest absolute Gasteiger partial charge is 0.260 e. The predicted molar refractivity (Wildman–Crippen MR) is 80.8 cm³/mol. The van der Waals surface area contributed by atoms with E-state index in [1.807, 2.05) is 31.2 Å². The molecular weight excluding hydrogens is 268 g/mol. The third kappa shape index (κ3) is 4.21. The number of rotatable bonds is 5. The highest BCUT2D eigenvalue weighted by Crippen LogP contribution is 2.10. The average Bonchev–Trinajstić information content (AvgIpc) is 2.45. The molecule has 2 N–H and O–H groups in total. The van der Waals surface area contributed by atoms with Crippen LogP contribution in [0.3, 0.4) is 0 Å². The molecule has 0 bridgehead atoms. The van der Waals surface area contributed by atoms with Crippen molar-refractivity contribution in [3.8, 4) is 5.75 Å². The van der Waals surface area contributed by atoms with Crippen molar-refractivity contribution in [3.63, 3.8) is 0 Å². The van der Waals surface area contributed by atoms with Gasteiger partial charge in [-0.1, -0.05) is 17.7 Å². The summed E-state index contributed by atoms with van der Waals surface area (Å²) in [6.45, 7) is 4.44. The maximum atomic E-state index is 11.8. The molecule has 0 saturated carbocycles. The molecule has 5 heteroatoms. The van der Waals surface area contributed by atoms with Gasteiger partial charge in [0.05, 0.1) is 6.54 Å². The van der Waals surface area contributed by atoms with Crippen LogP contribution in [-0.2, 0) is 0 Å². The normalized spacial score (nSPS) is 10.2. The van der Waals surface area contributed by atoms with Crippen molar-refractivity contribution >= 4 is 5.91 Å². The molecule has 1 aromatic carbocycles. The standard InChI is InChI=1S/C16H18N2O3/c1-11-3-6-13(7-4-11)21-10-9-17-15(19)14-8-5-12(2)18-16(14)20/h3-8H,9-10H2,1-2H3,(H,17,19)(H,18,20). The molecule has 0 unspecified atom stereocenters. The number of benzene rings is 1. The Kier molecular flexibility index (Phi) is 4.77. The summed E-state index contributed by atoms with van der Waals surface area (Å²) in [6, 6.07) is 10.9. The molecule has 0 fully saturated rings. The maximum Gasteiger partial charge on any atom is 0.260 e. The Morgan fingerprint density at radius 2 is 1.86 bits per heavy atom. The fraction of sp³-hybridized carbons (Fsp3) is 0.250. The second kappa shape index (κ2) is 6.74. The van der Waals surface area contributed by atoms with Crippen LogP contribution in [0.15, 0.2) is 41.2 Å². The Hall–Kier alpha value is -2.56. The van der Waals surface area contributed by atoms with Gasteiger partial charge in [-0.25, -0.2) is 0 Å². The van der Waals surface area contributed by atoms with Crippen molar-refractivity contribution in [2.24, 2.45) is 0 Å². The summed E-state index contributed by atoms with van der Waals surface area (Å²) in [5, 5.41) is 2.66. The summed E-state index contributed by atoms with van der Waals surface area (Å²) in [4.78, 5) is 26.1. The number of amides is 1. The zero-order chi connectivity index (χ0) is 15.2. The van der Waals surface area contributed by atoms with Gasteiger partial charge in [0.25, 0.3) is 11.5 Å². The topological polar surface area (TPSA) is 71.2 Å². The summed E-state index contributed by atoms with van der Waals surface area (Å²) in [6.07, 6.45) is 0. The highest BCUT2D eigenvalue weighted by atomic mass is 16.5. The number of carbonyl (C=O) groups is 1. The van der Waals surface area contributed by atoms with E-state index in [0.29, 0.717) is 13.2 Å². The predicted octanol–water partition coefficient (Wildman–Crippen LogP) is 1.80. The number of H-pyrrole nitrogens is 1. The monoisotopic (exact) mass is 286 g/mol. The van der Waals surface area contributed by atoms with E-state index >= 15 is 0 Å². The number of nitrogens with one attached hydrogen (secondary N) is 2. The van der Waals surface area contributed by atoms with E-state index in [2.05, 4.69) is 10.3 Å². The molecule has 2 aromatic rings. The Balaban J connectivity index is 1.82. The third-order valence-corrected chi connectivity index (χ3v) is 2.98. The van der Waals surface area contributed by atoms with E-state index in [-0.39, 0.29) is 11.1 Å². The SMILES string of the molecule is Cc1ccc(OCCNC(=O)c2ccc(C)[nH]c2=O)cc1. The van der Waals surface area contributed by atoms with Crippen LogP contribution in [0.4, 0.5) is 0 Å². The third-order valence-electron chi connectivity index (χ3n) is 2.98. The van der Waals surface area contributed by atoms with Crippen LogP contribution >= 0.6 is 0 Å². The summed E-state index contributed by atoms with van der Waals surface area (Å²) < 4.78 is 5.50. The van der Waals surface area contributed by atoms with Gasteiger partial charge in [-0.15, -0.1) is 0 Å². The van der Waals surface area contributed by atoms with E-state index in [9.17, 15) is 9.59 Å². The number of aromatic nitrogens is 1. The lowest BCUT2D eigenvalue weighted by Crippen LogP contribution is -2.32. The molecule has 0 aliphatic heterocycles. The molecule has 0 atom stereocenters. The van der Waals surface area contributed by atoms with Crippen molar-refractivity contribution in [1.82, 2.24) is 10.3 Å². The summed E-state index contributed by atoms with van der Waals surface area (Å²) in [5.74, 6) is 0.354. The van der Waals surface area contributed by atoms with E-state index in [1.165, 1.54) is 6.07 Å². The van der Waals surface area contributed by atoms with Crippen molar-refractivity contribution in [1.29, 1.82) is 0 Å². The van der Waals surface area contributed by atoms with Gasteiger partial charge in [-0.3, -0.25) is 9.59 Å². The van der Waals surface area contributed by atoms with Crippen molar-refractivity contribution in [3.05, 3.63) is 63.6 Å². The Morgan fingerprint density at radius 3 is 2.52 bits per heavy atom. The van der Waals surface area contributed by atoms with Gasteiger partial charge in [0, 0.05) is 5.69 Å². The molecule has 1 heterocycles. The first kappa shape index (κ1) is 14.8. The van der Waals surface area contributed by atoms with Crippen LogP contribution in [0.25, 0.3) is 0 Å². The molecule has 1 amide bonds. The number of hydrogen-bond donors (Lipinski definition) is 2. The number of pyridine rings is 1. The van der Waals surface area contributed by atoms with E-state index < -0.39 is 5.91 Å². The molecule has 0 aliphatic carbocycles. The molecule has 0 spiro atoms. The molecule has 0 saturated heterocycles. The van der Waals surface area contributed by atoms with Crippen LogP contribution in [-0.4, -0.2) is 24.0 Å². The number of hydrogen-bond acceptors (Lipinski definition) is 3. The second-order valence-corrected chi connectivity index (χ2v) is 4.80. The van der Waals surface area contributed by atoms with Crippen molar-refractivity contribution in [2.75, 3.05) is 13.2 Å². The van der Waals surface area contributed by atoms with Gasteiger partial charge in [0.1, 0.15) is 17.9 Å². The van der Waals surface area contributed by atoms with Crippen LogP contribution in [0.1, 0.15) is 21.6 Å². The molecule has 0 radical (unpaired) electrons. The first-order valence-electron chi connectivity index (χ1n) is 6.74. The number of aromatic amines is 1. The Labute approximate surface area is 123 Å². The molecule has 2 rings (SSSR count). The highest BCUT2D eigenvalue weighted by molar-refractivity contribution is 5.93. The fourth-order valence-corrected chi connectivity index (χ4v) is 1.81. The number of carbonyl (C=O) groups excluding carboxylic acids is 1. The lowest BCUT2D eigenvalue weighted by atomic mass is 10.2. The van der Waals surface area contributed by atoms with E-state index in [0.717, 1.165) is 17.0 Å². The highest BCUT2D eigenvalue weighted by Gasteiger charge is 2.09. The van der Waals surface area contributed by atoms with Gasteiger partial charge < -0.3 is 15.0 Å². The van der Waals surface area contributed by atoms with Crippen LogP contribution in [0.5, 0.6) is 5.75 Å². The number of ether oxygens (including phenoxy) is 1. The van der Waals surface area contributed by atoms with Gasteiger partial charge >= 0.3 is 0 Å². The second-order valence-electron chi connectivity index (χ2n) is 4.80. The van der Waals surface area contributed by atoms with Gasteiger partial charge in [-0.05, 0) is 38.1 Å². The summed E-state index contributed by atoms with van der Waals surface area (Å²) in [5.41, 5.74) is 1.61. The summed E-state index contributed by atoms with van der Waals surface area (Å²) >= 11 is 0. The minimum Gasteiger partial charge on any atom is -0.492 e. The van der Waals surface area contributed by atoms with Crippen LogP contribution in [0, 0.1) is 13.8 Å². The molecular formula is C16H18N2O3.